The molecule has 0 fully saturated rings. The molecule has 3 nitrogen and oxygen atoms in total. The van der Waals surface area contributed by atoms with Crippen LogP contribution in [0.3, 0.4) is 0 Å². The molecule has 0 atom stereocenters. The van der Waals surface area contributed by atoms with Crippen molar-refractivity contribution in [2.45, 2.75) is 52.4 Å². The van der Waals surface area contributed by atoms with E-state index < -0.39 is 0 Å². The van der Waals surface area contributed by atoms with Crippen molar-refractivity contribution in [3.05, 3.63) is 205 Å². The van der Waals surface area contributed by atoms with Gasteiger partial charge in [0.15, 0.2) is 0 Å². The van der Waals surface area contributed by atoms with Gasteiger partial charge in [-0.25, -0.2) is 0 Å². The van der Waals surface area contributed by atoms with Crippen molar-refractivity contribution < 1.29 is 0 Å². The zero-order valence-electron chi connectivity index (χ0n) is 38.4. The van der Waals surface area contributed by atoms with Crippen LogP contribution in [0.5, 0.6) is 0 Å². The number of benzene rings is 9. The molecule has 0 spiro atoms. The zero-order chi connectivity index (χ0) is 44.6. The molecule has 0 radical (unpaired) electrons. The monoisotopic (exact) mass is 847 g/mol. The van der Waals surface area contributed by atoms with Gasteiger partial charge >= 0.3 is 0 Å². The SMILES string of the molecule is CC(C)(C)c1ccc2c(c1)c1cc(C(C)(C)C)cc3c4cc5c(cc4n2c13)N(c1ccc(-c2ccccc2)cc1)c1cccc2c1B5c1ccccc1N2c1ccc(-c2ccccc2)cc1. The summed E-state index contributed by atoms with van der Waals surface area (Å²) in [6.07, 6.45) is 0. The number of hydrogen-bond donors (Lipinski definition) is 0. The molecule has 0 saturated carbocycles. The molecule has 0 aliphatic carbocycles. The number of aromatic nitrogens is 1. The van der Waals surface area contributed by atoms with Crippen LogP contribution < -0.4 is 26.2 Å². The van der Waals surface area contributed by atoms with Crippen LogP contribution in [0.2, 0.25) is 0 Å². The Morgan fingerprint density at radius 1 is 0.348 bits per heavy atom. The van der Waals surface area contributed by atoms with Crippen LogP contribution in [-0.4, -0.2) is 11.1 Å². The third-order valence-electron chi connectivity index (χ3n) is 14.6. The lowest BCUT2D eigenvalue weighted by atomic mass is 9.33. The van der Waals surface area contributed by atoms with Crippen LogP contribution in [0.15, 0.2) is 194 Å². The second-order valence-corrected chi connectivity index (χ2v) is 20.6. The normalized spacial score (nSPS) is 13.5. The third kappa shape index (κ3) is 5.70. The molecule has 316 valence electrons. The van der Waals surface area contributed by atoms with Crippen molar-refractivity contribution in [3.8, 4) is 22.3 Å². The molecule has 4 heteroatoms. The van der Waals surface area contributed by atoms with Gasteiger partial charge in [0, 0.05) is 55.7 Å². The van der Waals surface area contributed by atoms with Gasteiger partial charge in [-0.2, -0.15) is 0 Å². The Hall–Kier alpha value is -7.56. The Balaban J connectivity index is 1.10. The van der Waals surface area contributed by atoms with Crippen molar-refractivity contribution >= 4 is 95.3 Å². The van der Waals surface area contributed by atoms with E-state index in [1.54, 1.807) is 0 Å². The van der Waals surface area contributed by atoms with E-state index >= 15 is 0 Å². The number of para-hydroxylation sites is 1. The van der Waals surface area contributed by atoms with Gasteiger partial charge in [0.2, 0.25) is 0 Å². The number of nitrogens with zero attached hydrogens (tertiary/aromatic N) is 3. The molecule has 66 heavy (non-hydrogen) atoms. The number of rotatable bonds is 4. The van der Waals surface area contributed by atoms with Crippen LogP contribution in [0.4, 0.5) is 34.1 Å². The first kappa shape index (κ1) is 38.9. The molecule has 2 aliphatic heterocycles. The zero-order valence-corrected chi connectivity index (χ0v) is 38.4. The summed E-state index contributed by atoms with van der Waals surface area (Å²) in [5.41, 5.74) is 22.5. The minimum atomic E-state index is -0.0284. The Kier molecular flexibility index (Phi) is 8.23. The fraction of sp³-hybridized carbons (Fsp3) is 0.129. The number of hydrogen-bond acceptors (Lipinski definition) is 2. The Bertz CT molecular complexity index is 3700. The molecule has 0 unspecified atom stereocenters. The van der Waals surface area contributed by atoms with E-state index in [0.29, 0.717) is 0 Å². The van der Waals surface area contributed by atoms with Gasteiger partial charge in [-0.05, 0) is 133 Å². The van der Waals surface area contributed by atoms with Gasteiger partial charge in [-0.3, -0.25) is 0 Å². The van der Waals surface area contributed by atoms with E-state index in [9.17, 15) is 0 Å². The molecule has 9 aromatic carbocycles. The molecular weight excluding hydrogens is 798 g/mol. The van der Waals surface area contributed by atoms with Crippen LogP contribution in [0.1, 0.15) is 52.7 Å². The summed E-state index contributed by atoms with van der Waals surface area (Å²) in [7, 11) is 0. The summed E-state index contributed by atoms with van der Waals surface area (Å²) in [5, 5.41) is 5.29. The maximum absolute atomic E-state index is 2.58. The Morgan fingerprint density at radius 2 is 0.833 bits per heavy atom. The lowest BCUT2D eigenvalue weighted by Gasteiger charge is -2.44. The average molecular weight is 848 g/mol. The summed E-state index contributed by atoms with van der Waals surface area (Å²) in [6.45, 7) is 14.0. The number of anilines is 6. The molecule has 0 amide bonds. The summed E-state index contributed by atoms with van der Waals surface area (Å²) in [6, 6.07) is 73.0. The standard InChI is InChI=1S/C62H50BN3/c1-61(2,3)43-28-33-53-47(34-43)49-35-44(62(4,5)6)36-50-48-37-52-58(38-57(48)66(53)60(49)50)65(46-31-26-42(27-32-46)40-18-11-8-12-19-40)56-23-15-22-55-59(56)63(52)51-20-13-14-21-54(51)64(55)45-29-24-41(25-30-45)39-16-9-7-10-17-39/h7-38H,1-6H3. The quantitative estimate of drug-likeness (QED) is 0.163. The second kappa shape index (κ2) is 14.0. The smallest absolute Gasteiger partial charge is 0.252 e. The predicted octanol–water partition coefficient (Wildman–Crippen LogP) is 14.8. The fourth-order valence-electron chi connectivity index (χ4n) is 11.2. The van der Waals surface area contributed by atoms with E-state index in [4.69, 9.17) is 0 Å². The molecule has 0 bridgehead atoms. The highest BCUT2D eigenvalue weighted by atomic mass is 15.2. The lowest BCUT2D eigenvalue weighted by molar-refractivity contribution is 0.590. The molecule has 2 aliphatic rings. The molecule has 11 aromatic rings. The van der Waals surface area contributed by atoms with Crippen molar-refractivity contribution in [1.82, 2.24) is 4.40 Å². The molecule has 13 rings (SSSR count). The van der Waals surface area contributed by atoms with E-state index in [1.165, 1.54) is 111 Å². The maximum atomic E-state index is 2.58. The predicted molar refractivity (Wildman–Crippen MR) is 283 cm³/mol. The highest BCUT2D eigenvalue weighted by Crippen LogP contribution is 2.48. The maximum Gasteiger partial charge on any atom is 0.252 e. The van der Waals surface area contributed by atoms with Crippen molar-refractivity contribution in [2.24, 2.45) is 0 Å². The van der Waals surface area contributed by atoms with Gasteiger partial charge < -0.3 is 14.2 Å². The van der Waals surface area contributed by atoms with E-state index in [1.807, 2.05) is 0 Å². The molecule has 2 aromatic heterocycles. The minimum Gasteiger partial charge on any atom is -0.311 e. The van der Waals surface area contributed by atoms with E-state index in [2.05, 4.69) is 250 Å². The second-order valence-electron chi connectivity index (χ2n) is 20.6. The summed E-state index contributed by atoms with van der Waals surface area (Å²) >= 11 is 0. The van der Waals surface area contributed by atoms with E-state index in [0.717, 1.165) is 11.4 Å². The van der Waals surface area contributed by atoms with Crippen LogP contribution in [0.25, 0.3) is 60.3 Å². The first-order chi connectivity index (χ1) is 32.0. The third-order valence-corrected chi connectivity index (χ3v) is 14.6. The van der Waals surface area contributed by atoms with Crippen LogP contribution in [-0.2, 0) is 10.8 Å². The van der Waals surface area contributed by atoms with Crippen molar-refractivity contribution in [3.63, 3.8) is 0 Å². The minimum absolute atomic E-state index is 0.0136. The van der Waals surface area contributed by atoms with Crippen molar-refractivity contribution in [1.29, 1.82) is 0 Å². The summed E-state index contributed by atoms with van der Waals surface area (Å²) in [4.78, 5) is 5.04. The van der Waals surface area contributed by atoms with Gasteiger partial charge in [0.25, 0.3) is 6.71 Å². The largest absolute Gasteiger partial charge is 0.311 e. The molecule has 0 saturated heterocycles. The number of fused-ring (bicyclic) bond motifs is 10. The van der Waals surface area contributed by atoms with E-state index in [-0.39, 0.29) is 17.5 Å². The van der Waals surface area contributed by atoms with Gasteiger partial charge in [0.1, 0.15) is 0 Å². The summed E-state index contributed by atoms with van der Waals surface area (Å²) < 4.78 is 2.58. The first-order valence-electron chi connectivity index (χ1n) is 23.5. The molecule has 0 N–H and O–H groups in total. The first-order valence-corrected chi connectivity index (χ1v) is 23.5. The van der Waals surface area contributed by atoms with Gasteiger partial charge in [-0.1, -0.05) is 163 Å². The highest BCUT2D eigenvalue weighted by Gasteiger charge is 2.43. The van der Waals surface area contributed by atoms with Gasteiger partial charge in [0.05, 0.1) is 16.6 Å². The lowest BCUT2D eigenvalue weighted by Crippen LogP contribution is -2.61. The topological polar surface area (TPSA) is 10.9 Å². The van der Waals surface area contributed by atoms with Crippen molar-refractivity contribution in [2.75, 3.05) is 9.80 Å². The fourth-order valence-corrected chi connectivity index (χ4v) is 11.2. The Morgan fingerprint density at radius 3 is 1.41 bits per heavy atom. The van der Waals surface area contributed by atoms with Crippen LogP contribution >= 0.6 is 0 Å². The highest BCUT2D eigenvalue weighted by molar-refractivity contribution is 7.00. The summed E-state index contributed by atoms with van der Waals surface area (Å²) in [5.74, 6) is 0. The molecular formula is C62H50BN3. The van der Waals surface area contributed by atoms with Gasteiger partial charge in [-0.15, -0.1) is 0 Å². The van der Waals surface area contributed by atoms with Crippen LogP contribution in [0, 0.1) is 0 Å². The average Bonchev–Trinajstić information content (AvgIpc) is 3.84. The molecule has 4 heterocycles. The Labute approximate surface area is 387 Å².